The number of piperazine rings is 1. The maximum Gasteiger partial charge on any atom is 0.255 e. The third-order valence-corrected chi connectivity index (χ3v) is 7.79. The van der Waals surface area contributed by atoms with Gasteiger partial charge in [0, 0.05) is 68.2 Å². The van der Waals surface area contributed by atoms with E-state index in [4.69, 9.17) is 14.5 Å². The molecule has 8 nitrogen and oxygen atoms in total. The van der Waals surface area contributed by atoms with Crippen molar-refractivity contribution in [1.82, 2.24) is 14.8 Å². The number of ether oxygens (including phenoxy) is 2. The minimum atomic E-state index is 0.0264. The average molecular weight is 529 g/mol. The maximum atomic E-state index is 13.7. The second kappa shape index (κ2) is 11.8. The van der Waals surface area contributed by atoms with Crippen molar-refractivity contribution in [2.24, 2.45) is 0 Å². The van der Waals surface area contributed by atoms with E-state index in [0.717, 1.165) is 54.5 Å². The number of aryl methyl sites for hydroxylation is 1. The summed E-state index contributed by atoms with van der Waals surface area (Å²) < 4.78 is 10.6. The molecular formula is C31H36N4O4. The molecule has 0 N–H and O–H groups in total. The number of methoxy groups -OCH3 is 2. The van der Waals surface area contributed by atoms with E-state index in [1.54, 1.807) is 26.4 Å². The fourth-order valence-electron chi connectivity index (χ4n) is 5.49. The summed E-state index contributed by atoms with van der Waals surface area (Å²) in [5.74, 6) is 1.77. The van der Waals surface area contributed by atoms with Gasteiger partial charge in [0.2, 0.25) is 0 Å². The molecule has 1 aromatic heterocycles. The van der Waals surface area contributed by atoms with E-state index in [-0.39, 0.29) is 17.7 Å². The summed E-state index contributed by atoms with van der Waals surface area (Å²) in [5, 5.41) is 0. The number of aromatic nitrogens is 1. The molecule has 3 heterocycles. The largest absolute Gasteiger partial charge is 0.497 e. The van der Waals surface area contributed by atoms with Crippen molar-refractivity contribution in [2.75, 3.05) is 58.4 Å². The first-order chi connectivity index (χ1) is 19.0. The van der Waals surface area contributed by atoms with E-state index in [9.17, 15) is 9.59 Å². The average Bonchev–Trinajstić information content (AvgIpc) is 3.00. The monoisotopic (exact) mass is 528 g/mol. The molecule has 2 saturated heterocycles. The second-order valence-electron chi connectivity index (χ2n) is 10.2. The van der Waals surface area contributed by atoms with Crippen LogP contribution in [0.5, 0.6) is 11.5 Å². The van der Waals surface area contributed by atoms with Gasteiger partial charge in [0.25, 0.3) is 11.8 Å². The van der Waals surface area contributed by atoms with Crippen LogP contribution in [-0.4, -0.2) is 80.1 Å². The summed E-state index contributed by atoms with van der Waals surface area (Å²) in [7, 11) is 3.29. The number of nitrogens with zero attached hydrogens (tertiary/aromatic N) is 4. The molecule has 0 radical (unpaired) electrons. The summed E-state index contributed by atoms with van der Waals surface area (Å²) in [6.45, 7) is 6.07. The molecule has 0 saturated carbocycles. The number of amides is 2. The van der Waals surface area contributed by atoms with Crippen LogP contribution in [-0.2, 0) is 0 Å². The Bertz CT molecular complexity index is 1310. The minimum Gasteiger partial charge on any atom is -0.497 e. The fourth-order valence-corrected chi connectivity index (χ4v) is 5.49. The standard InChI is InChI=1S/C31H36N4O4/c1-22-7-12-28(31(37)35-19-17-33(18-20-35)25-5-4-6-27(21-25)39-3)29(32-22)23-13-15-34(16-14-23)30(36)24-8-10-26(38-2)11-9-24/h4-12,21,23H,13-20H2,1-3H3. The van der Waals surface area contributed by atoms with E-state index in [0.29, 0.717) is 37.3 Å². The molecule has 0 atom stereocenters. The first-order valence-corrected chi connectivity index (χ1v) is 13.6. The number of likely N-dealkylation sites (tertiary alicyclic amines) is 1. The van der Waals surface area contributed by atoms with Gasteiger partial charge in [-0.05, 0) is 68.3 Å². The number of pyridine rings is 1. The van der Waals surface area contributed by atoms with Gasteiger partial charge in [0.1, 0.15) is 11.5 Å². The molecule has 0 unspecified atom stereocenters. The maximum absolute atomic E-state index is 13.7. The van der Waals surface area contributed by atoms with Crippen LogP contribution in [0.15, 0.2) is 60.7 Å². The highest BCUT2D eigenvalue weighted by Gasteiger charge is 2.31. The highest BCUT2D eigenvalue weighted by Crippen LogP contribution is 2.31. The molecule has 0 spiro atoms. The van der Waals surface area contributed by atoms with Crippen molar-refractivity contribution < 1.29 is 19.1 Å². The Morgan fingerprint density at radius 3 is 2.10 bits per heavy atom. The Morgan fingerprint density at radius 2 is 1.44 bits per heavy atom. The third kappa shape index (κ3) is 5.85. The van der Waals surface area contributed by atoms with Gasteiger partial charge in [0.05, 0.1) is 25.5 Å². The van der Waals surface area contributed by atoms with E-state index in [1.165, 1.54) is 0 Å². The van der Waals surface area contributed by atoms with Gasteiger partial charge >= 0.3 is 0 Å². The molecule has 2 amide bonds. The highest BCUT2D eigenvalue weighted by molar-refractivity contribution is 5.96. The first-order valence-electron chi connectivity index (χ1n) is 13.6. The van der Waals surface area contributed by atoms with Crippen LogP contribution < -0.4 is 14.4 Å². The highest BCUT2D eigenvalue weighted by atomic mass is 16.5. The number of benzene rings is 2. The van der Waals surface area contributed by atoms with Gasteiger partial charge in [-0.15, -0.1) is 0 Å². The quantitative estimate of drug-likeness (QED) is 0.473. The normalized spacial score (nSPS) is 16.2. The van der Waals surface area contributed by atoms with Crippen molar-refractivity contribution in [3.63, 3.8) is 0 Å². The summed E-state index contributed by atoms with van der Waals surface area (Å²) in [6.07, 6.45) is 1.56. The Hall–Kier alpha value is -4.07. The third-order valence-electron chi connectivity index (χ3n) is 7.79. The molecular weight excluding hydrogens is 492 g/mol. The molecule has 2 aromatic carbocycles. The molecule has 2 fully saturated rings. The molecule has 0 aliphatic carbocycles. The molecule has 2 aliphatic rings. The number of hydrogen-bond acceptors (Lipinski definition) is 6. The zero-order valence-corrected chi connectivity index (χ0v) is 22.9. The molecule has 0 bridgehead atoms. The van der Waals surface area contributed by atoms with Crippen molar-refractivity contribution >= 4 is 17.5 Å². The topological polar surface area (TPSA) is 75.2 Å². The van der Waals surface area contributed by atoms with Gasteiger partial charge in [-0.2, -0.15) is 0 Å². The Labute approximate surface area is 230 Å². The number of carbonyl (C=O) groups excluding carboxylic acids is 2. The van der Waals surface area contributed by atoms with Crippen LogP contribution >= 0.6 is 0 Å². The lowest BCUT2D eigenvalue weighted by molar-refractivity contribution is 0.0702. The van der Waals surface area contributed by atoms with Crippen LogP contribution in [0.4, 0.5) is 5.69 Å². The van der Waals surface area contributed by atoms with Gasteiger partial charge in [-0.3, -0.25) is 14.6 Å². The predicted octanol–water partition coefficient (Wildman–Crippen LogP) is 4.39. The second-order valence-corrected chi connectivity index (χ2v) is 10.2. The van der Waals surface area contributed by atoms with Crippen molar-refractivity contribution in [3.05, 3.63) is 83.2 Å². The predicted molar refractivity (Wildman–Crippen MR) is 151 cm³/mol. The number of carbonyl (C=O) groups is 2. The summed E-state index contributed by atoms with van der Waals surface area (Å²) in [6, 6.07) is 19.1. The molecule has 2 aliphatic heterocycles. The molecule has 8 heteroatoms. The summed E-state index contributed by atoms with van der Waals surface area (Å²) >= 11 is 0. The van der Waals surface area contributed by atoms with Crippen LogP contribution in [0.3, 0.4) is 0 Å². The molecule has 5 rings (SSSR count). The van der Waals surface area contributed by atoms with E-state index < -0.39 is 0 Å². The first kappa shape index (κ1) is 26.5. The molecule has 3 aromatic rings. The lowest BCUT2D eigenvalue weighted by atomic mass is 9.89. The van der Waals surface area contributed by atoms with Gasteiger partial charge in [-0.1, -0.05) is 6.07 Å². The fraction of sp³-hybridized carbons (Fsp3) is 0.387. The van der Waals surface area contributed by atoms with Crippen LogP contribution in [0, 0.1) is 6.92 Å². The number of piperidine rings is 1. The van der Waals surface area contributed by atoms with E-state index in [1.807, 2.05) is 59.2 Å². The van der Waals surface area contributed by atoms with Gasteiger partial charge in [0.15, 0.2) is 0 Å². The van der Waals surface area contributed by atoms with Crippen LogP contribution in [0.1, 0.15) is 50.9 Å². The zero-order valence-electron chi connectivity index (χ0n) is 22.9. The summed E-state index contributed by atoms with van der Waals surface area (Å²) in [5.41, 5.74) is 4.23. The molecule has 39 heavy (non-hydrogen) atoms. The van der Waals surface area contributed by atoms with Crippen molar-refractivity contribution in [1.29, 1.82) is 0 Å². The van der Waals surface area contributed by atoms with Crippen LogP contribution in [0.2, 0.25) is 0 Å². The number of rotatable bonds is 6. The smallest absolute Gasteiger partial charge is 0.255 e. The Balaban J connectivity index is 1.24. The van der Waals surface area contributed by atoms with E-state index in [2.05, 4.69) is 11.0 Å². The summed E-state index contributed by atoms with van der Waals surface area (Å²) in [4.78, 5) is 37.7. The number of anilines is 1. The number of hydrogen-bond donors (Lipinski definition) is 0. The lowest BCUT2D eigenvalue weighted by Gasteiger charge is -2.37. The van der Waals surface area contributed by atoms with Gasteiger partial charge < -0.3 is 24.2 Å². The Kier molecular flexibility index (Phi) is 8.00. The molecule has 204 valence electrons. The van der Waals surface area contributed by atoms with Crippen molar-refractivity contribution in [2.45, 2.75) is 25.7 Å². The van der Waals surface area contributed by atoms with Crippen LogP contribution in [0.25, 0.3) is 0 Å². The van der Waals surface area contributed by atoms with Crippen molar-refractivity contribution in [3.8, 4) is 11.5 Å². The zero-order chi connectivity index (χ0) is 27.4. The lowest BCUT2D eigenvalue weighted by Crippen LogP contribution is -2.49. The Morgan fingerprint density at radius 1 is 0.769 bits per heavy atom. The van der Waals surface area contributed by atoms with E-state index >= 15 is 0 Å². The van der Waals surface area contributed by atoms with Gasteiger partial charge in [-0.25, -0.2) is 0 Å². The minimum absolute atomic E-state index is 0.0264. The SMILES string of the molecule is COc1ccc(C(=O)N2CCC(c3nc(C)ccc3C(=O)N3CCN(c4cccc(OC)c4)CC3)CC2)cc1.